The Bertz CT molecular complexity index is 425. The lowest BCUT2D eigenvalue weighted by atomic mass is 9.96. The number of ether oxygens (including phenoxy) is 2. The van der Waals surface area contributed by atoms with Crippen molar-refractivity contribution in [3.8, 4) is 0 Å². The molecule has 0 spiro atoms. The van der Waals surface area contributed by atoms with Crippen LogP contribution >= 0.6 is 11.3 Å². The molecule has 1 heterocycles. The average Bonchev–Trinajstić information content (AvgIpc) is 2.90. The smallest absolute Gasteiger partial charge is 0.348 e. The SMILES string of the molecule is CO[C@@H](CO)COC(Cc1ccsc1)(C(=O)O)C(=O)O. The second kappa shape index (κ2) is 7.34. The highest BCUT2D eigenvalue weighted by Gasteiger charge is 2.48. The monoisotopic (exact) mass is 304 g/mol. The second-order valence-electron chi connectivity index (χ2n) is 4.10. The zero-order valence-corrected chi connectivity index (χ0v) is 11.6. The van der Waals surface area contributed by atoms with E-state index in [1.807, 2.05) is 0 Å². The summed E-state index contributed by atoms with van der Waals surface area (Å²) in [6, 6.07) is 1.63. The largest absolute Gasteiger partial charge is 0.479 e. The van der Waals surface area contributed by atoms with E-state index < -0.39 is 30.3 Å². The minimum atomic E-state index is -2.40. The van der Waals surface area contributed by atoms with Crippen molar-refractivity contribution in [2.24, 2.45) is 0 Å². The van der Waals surface area contributed by atoms with E-state index in [-0.39, 0.29) is 13.0 Å². The van der Waals surface area contributed by atoms with Crippen LogP contribution in [-0.2, 0) is 25.5 Å². The summed E-state index contributed by atoms with van der Waals surface area (Å²) >= 11 is 1.33. The molecule has 0 amide bonds. The van der Waals surface area contributed by atoms with E-state index in [1.54, 1.807) is 16.8 Å². The van der Waals surface area contributed by atoms with Gasteiger partial charge < -0.3 is 24.8 Å². The van der Waals surface area contributed by atoms with Crippen molar-refractivity contribution in [2.75, 3.05) is 20.3 Å². The number of rotatable bonds is 9. The van der Waals surface area contributed by atoms with Gasteiger partial charge in [0.25, 0.3) is 5.60 Å². The molecule has 0 bridgehead atoms. The van der Waals surface area contributed by atoms with Crippen molar-refractivity contribution in [3.63, 3.8) is 0 Å². The number of aliphatic carboxylic acids is 2. The minimum absolute atomic E-state index is 0.303. The number of aliphatic hydroxyl groups excluding tert-OH is 1. The van der Waals surface area contributed by atoms with Crippen LogP contribution in [0.4, 0.5) is 0 Å². The van der Waals surface area contributed by atoms with E-state index in [9.17, 15) is 19.8 Å². The average molecular weight is 304 g/mol. The molecule has 0 unspecified atom stereocenters. The molecule has 20 heavy (non-hydrogen) atoms. The molecule has 0 aromatic carbocycles. The first-order chi connectivity index (χ1) is 9.46. The summed E-state index contributed by atoms with van der Waals surface area (Å²) < 4.78 is 9.92. The van der Waals surface area contributed by atoms with Crippen LogP contribution in [0.1, 0.15) is 5.56 Å². The standard InChI is InChI=1S/C12H16O7S/c1-18-9(5-13)6-19-12(10(14)15,11(16)17)4-8-2-3-20-7-8/h2-3,7,9,13H,4-6H2,1H3,(H,14,15)(H,16,17)/t9-/m0/s1. The molecule has 0 saturated carbocycles. The van der Waals surface area contributed by atoms with Gasteiger partial charge in [0.05, 0.1) is 13.2 Å². The zero-order valence-electron chi connectivity index (χ0n) is 10.8. The van der Waals surface area contributed by atoms with E-state index in [0.29, 0.717) is 5.56 Å². The first-order valence-corrected chi connectivity index (χ1v) is 6.66. The molecule has 112 valence electrons. The molecule has 0 aliphatic heterocycles. The highest BCUT2D eigenvalue weighted by Crippen LogP contribution is 2.22. The summed E-state index contributed by atoms with van der Waals surface area (Å²) in [4.78, 5) is 22.7. The van der Waals surface area contributed by atoms with Gasteiger partial charge in [-0.1, -0.05) is 0 Å². The topological polar surface area (TPSA) is 113 Å². The predicted molar refractivity (Wildman–Crippen MR) is 69.9 cm³/mol. The molecule has 7 nitrogen and oxygen atoms in total. The maximum atomic E-state index is 11.4. The van der Waals surface area contributed by atoms with Crippen LogP contribution in [0.2, 0.25) is 0 Å². The summed E-state index contributed by atoms with van der Waals surface area (Å²) in [5.41, 5.74) is -1.84. The van der Waals surface area contributed by atoms with Crippen LogP contribution in [0.15, 0.2) is 16.8 Å². The Morgan fingerprint density at radius 2 is 2.05 bits per heavy atom. The first-order valence-electron chi connectivity index (χ1n) is 5.71. The number of hydrogen-bond donors (Lipinski definition) is 3. The molecule has 3 N–H and O–H groups in total. The molecular weight excluding hydrogens is 288 g/mol. The van der Waals surface area contributed by atoms with Gasteiger partial charge >= 0.3 is 11.9 Å². The summed E-state index contributed by atoms with van der Waals surface area (Å²) in [6.45, 7) is -0.736. The lowest BCUT2D eigenvalue weighted by Gasteiger charge is -2.26. The quantitative estimate of drug-likeness (QED) is 0.559. The third-order valence-corrected chi connectivity index (χ3v) is 3.51. The van der Waals surface area contributed by atoms with E-state index in [1.165, 1.54) is 18.4 Å². The fourth-order valence-corrected chi connectivity index (χ4v) is 2.20. The van der Waals surface area contributed by atoms with Crippen LogP contribution in [-0.4, -0.2) is 59.3 Å². The van der Waals surface area contributed by atoms with Gasteiger partial charge in [-0.05, 0) is 22.4 Å². The molecule has 1 rings (SSSR count). The fraction of sp³-hybridized carbons (Fsp3) is 0.500. The number of hydrogen-bond acceptors (Lipinski definition) is 6. The van der Waals surface area contributed by atoms with Gasteiger partial charge in [-0.3, -0.25) is 0 Å². The highest BCUT2D eigenvalue weighted by atomic mass is 32.1. The normalized spacial score (nSPS) is 13.1. The van der Waals surface area contributed by atoms with Crippen molar-refractivity contribution in [1.29, 1.82) is 0 Å². The van der Waals surface area contributed by atoms with E-state index >= 15 is 0 Å². The molecule has 1 aromatic rings. The van der Waals surface area contributed by atoms with Gasteiger partial charge in [0.2, 0.25) is 0 Å². The Morgan fingerprint density at radius 3 is 2.45 bits per heavy atom. The van der Waals surface area contributed by atoms with Crippen molar-refractivity contribution in [3.05, 3.63) is 22.4 Å². The Kier molecular flexibility index (Phi) is 6.08. The van der Waals surface area contributed by atoms with Gasteiger partial charge in [0.1, 0.15) is 6.10 Å². The zero-order chi connectivity index (χ0) is 15.2. The Balaban J connectivity index is 2.93. The van der Waals surface area contributed by atoms with Crippen LogP contribution < -0.4 is 0 Å². The summed E-state index contributed by atoms with van der Waals surface area (Å²) in [7, 11) is 1.31. The fourth-order valence-electron chi connectivity index (χ4n) is 1.53. The maximum Gasteiger partial charge on any atom is 0.348 e. The molecule has 8 heteroatoms. The Hall–Kier alpha value is -1.48. The van der Waals surface area contributed by atoms with Gasteiger partial charge in [0, 0.05) is 13.5 Å². The Labute approximate surface area is 119 Å². The van der Waals surface area contributed by atoms with Gasteiger partial charge in [-0.15, -0.1) is 0 Å². The molecule has 0 radical (unpaired) electrons. The number of carboxylic acid groups (broad SMARTS) is 2. The van der Waals surface area contributed by atoms with E-state index in [2.05, 4.69) is 0 Å². The molecule has 0 aliphatic carbocycles. The van der Waals surface area contributed by atoms with Crippen molar-refractivity contribution < 1.29 is 34.4 Å². The third-order valence-electron chi connectivity index (χ3n) is 2.78. The number of methoxy groups -OCH3 is 1. The van der Waals surface area contributed by atoms with E-state index in [0.717, 1.165) is 0 Å². The molecular formula is C12H16O7S. The molecule has 0 fully saturated rings. The van der Waals surface area contributed by atoms with E-state index in [4.69, 9.17) is 14.6 Å². The van der Waals surface area contributed by atoms with Gasteiger partial charge in [-0.25, -0.2) is 9.59 Å². The number of aliphatic hydroxyl groups is 1. The number of carbonyl (C=O) groups is 2. The first kappa shape index (κ1) is 16.6. The highest BCUT2D eigenvalue weighted by molar-refractivity contribution is 7.07. The Morgan fingerprint density at radius 1 is 1.40 bits per heavy atom. The molecule has 1 atom stereocenters. The second-order valence-corrected chi connectivity index (χ2v) is 4.88. The minimum Gasteiger partial charge on any atom is -0.479 e. The molecule has 1 aromatic heterocycles. The third kappa shape index (κ3) is 3.76. The lowest BCUT2D eigenvalue weighted by Crippen LogP contribution is -2.52. The maximum absolute atomic E-state index is 11.4. The molecule has 0 saturated heterocycles. The predicted octanol–water partition coefficient (Wildman–Crippen LogP) is 0.222. The number of thiophene rings is 1. The summed E-state index contributed by atoms with van der Waals surface area (Å²) in [5.74, 6) is -3.19. The van der Waals surface area contributed by atoms with Gasteiger partial charge in [-0.2, -0.15) is 11.3 Å². The number of carboxylic acids is 2. The summed E-state index contributed by atoms with van der Waals surface area (Å²) in [5, 5.41) is 30.8. The van der Waals surface area contributed by atoms with Crippen LogP contribution in [0.25, 0.3) is 0 Å². The van der Waals surface area contributed by atoms with Gasteiger partial charge in [0.15, 0.2) is 0 Å². The van der Waals surface area contributed by atoms with Crippen molar-refractivity contribution >= 4 is 23.3 Å². The van der Waals surface area contributed by atoms with Crippen molar-refractivity contribution in [1.82, 2.24) is 0 Å². The summed E-state index contributed by atoms with van der Waals surface area (Å²) in [6.07, 6.45) is -1.08. The van der Waals surface area contributed by atoms with Crippen LogP contribution in [0.5, 0.6) is 0 Å². The molecule has 0 aliphatic rings. The van der Waals surface area contributed by atoms with Crippen molar-refractivity contribution in [2.45, 2.75) is 18.1 Å². The van der Waals surface area contributed by atoms with Crippen LogP contribution in [0, 0.1) is 0 Å². The van der Waals surface area contributed by atoms with Crippen LogP contribution in [0.3, 0.4) is 0 Å². The lowest BCUT2D eigenvalue weighted by molar-refractivity contribution is -0.188.